The van der Waals surface area contributed by atoms with Crippen molar-refractivity contribution in [2.75, 3.05) is 11.5 Å². The fourth-order valence-electron chi connectivity index (χ4n) is 3.97. The first-order chi connectivity index (χ1) is 18.5. The number of thioether (sulfide) groups is 1. The number of furan rings is 1. The first-order valence-electron chi connectivity index (χ1n) is 11.7. The molecule has 5 rings (SSSR count). The largest absolute Gasteiger partial charge is 0.503 e. The maximum absolute atomic E-state index is 13.4. The average molecular weight is 568 g/mol. The van der Waals surface area contributed by atoms with Crippen molar-refractivity contribution < 1.29 is 23.8 Å². The molecule has 11 heteroatoms. The van der Waals surface area contributed by atoms with E-state index < -0.39 is 23.5 Å². The maximum atomic E-state index is 13.4. The summed E-state index contributed by atoms with van der Waals surface area (Å²) in [6.45, 7) is 2.58. The van der Waals surface area contributed by atoms with Gasteiger partial charge < -0.3 is 14.3 Å². The highest BCUT2D eigenvalue weighted by molar-refractivity contribution is 8.00. The van der Waals surface area contributed by atoms with Crippen LogP contribution < -0.4 is 9.64 Å². The van der Waals surface area contributed by atoms with E-state index in [4.69, 9.17) is 20.8 Å². The van der Waals surface area contributed by atoms with Crippen molar-refractivity contribution in [2.24, 2.45) is 0 Å². The molecule has 0 radical (unpaired) electrons. The molecule has 0 fully saturated rings. The molecule has 2 aromatic heterocycles. The van der Waals surface area contributed by atoms with E-state index in [2.05, 4.69) is 10.2 Å². The van der Waals surface area contributed by atoms with Crippen LogP contribution >= 0.6 is 34.7 Å². The van der Waals surface area contributed by atoms with Crippen LogP contribution in [0.25, 0.3) is 0 Å². The predicted octanol–water partition coefficient (Wildman–Crippen LogP) is 6.65. The molecule has 1 aliphatic heterocycles. The highest BCUT2D eigenvalue weighted by atomic mass is 35.5. The van der Waals surface area contributed by atoms with Gasteiger partial charge in [0.2, 0.25) is 10.9 Å². The summed E-state index contributed by atoms with van der Waals surface area (Å²) >= 11 is 8.89. The van der Waals surface area contributed by atoms with Crippen LogP contribution in [0.15, 0.2) is 87.0 Å². The van der Waals surface area contributed by atoms with Crippen LogP contribution in [0.3, 0.4) is 0 Å². The highest BCUT2D eigenvalue weighted by Crippen LogP contribution is 2.44. The summed E-state index contributed by atoms with van der Waals surface area (Å²) in [5, 5.41) is 20.3. The van der Waals surface area contributed by atoms with Gasteiger partial charge in [0.05, 0.1) is 24.5 Å². The number of carbonyl (C=O) groups excluding carboxylic acids is 2. The minimum Gasteiger partial charge on any atom is -0.503 e. The zero-order valence-electron chi connectivity index (χ0n) is 20.2. The molecule has 3 heterocycles. The Labute approximate surface area is 231 Å². The number of aliphatic hydroxyl groups is 1. The Morgan fingerprint density at radius 2 is 1.95 bits per heavy atom. The SMILES string of the molecule is CCCOc1ccc(C2C(C(=O)c3ccco3)=C(O)C(=O)N2c2nnc(SCc3ccccc3Cl)s2)cc1. The van der Waals surface area contributed by atoms with Gasteiger partial charge in [0.15, 0.2) is 15.9 Å². The van der Waals surface area contributed by atoms with Gasteiger partial charge in [-0.3, -0.25) is 14.5 Å². The quantitative estimate of drug-likeness (QED) is 0.129. The zero-order chi connectivity index (χ0) is 26.6. The van der Waals surface area contributed by atoms with Crippen molar-refractivity contribution in [3.05, 3.63) is 100 Å². The number of aromatic nitrogens is 2. The second kappa shape index (κ2) is 11.4. The summed E-state index contributed by atoms with van der Waals surface area (Å²) in [5.74, 6) is -0.734. The first-order valence-corrected chi connectivity index (χ1v) is 13.9. The minimum absolute atomic E-state index is 0.0161. The van der Waals surface area contributed by atoms with Crippen molar-refractivity contribution in [2.45, 2.75) is 29.5 Å². The Bertz CT molecular complexity index is 1480. The van der Waals surface area contributed by atoms with E-state index in [0.717, 1.165) is 12.0 Å². The van der Waals surface area contributed by atoms with Crippen LogP contribution in [-0.2, 0) is 10.5 Å². The van der Waals surface area contributed by atoms with E-state index in [1.165, 1.54) is 40.3 Å². The van der Waals surface area contributed by atoms with E-state index in [9.17, 15) is 14.7 Å². The monoisotopic (exact) mass is 567 g/mol. The Kier molecular flexibility index (Phi) is 7.82. The molecule has 38 heavy (non-hydrogen) atoms. The topological polar surface area (TPSA) is 106 Å². The van der Waals surface area contributed by atoms with E-state index in [1.54, 1.807) is 30.3 Å². The molecule has 1 aliphatic rings. The molecule has 1 N–H and O–H groups in total. The van der Waals surface area contributed by atoms with Crippen LogP contribution in [0, 0.1) is 0 Å². The lowest BCUT2D eigenvalue weighted by Gasteiger charge is -2.24. The van der Waals surface area contributed by atoms with Gasteiger partial charge in [-0.25, -0.2) is 0 Å². The van der Waals surface area contributed by atoms with Gasteiger partial charge in [-0.05, 0) is 47.9 Å². The number of ether oxygens (including phenoxy) is 1. The predicted molar refractivity (Wildman–Crippen MR) is 146 cm³/mol. The van der Waals surface area contributed by atoms with Crippen molar-refractivity contribution in [3.8, 4) is 5.75 Å². The van der Waals surface area contributed by atoms with Crippen molar-refractivity contribution in [3.63, 3.8) is 0 Å². The lowest BCUT2D eigenvalue weighted by atomic mass is 9.95. The number of halogens is 1. The Balaban J connectivity index is 1.48. The van der Waals surface area contributed by atoms with Crippen LogP contribution in [0.5, 0.6) is 5.75 Å². The molecule has 194 valence electrons. The third-order valence-electron chi connectivity index (χ3n) is 5.78. The molecule has 0 aliphatic carbocycles. The second-order valence-corrected chi connectivity index (χ2v) is 10.9. The lowest BCUT2D eigenvalue weighted by Crippen LogP contribution is -2.31. The van der Waals surface area contributed by atoms with E-state index in [1.807, 2.05) is 31.2 Å². The van der Waals surface area contributed by atoms with E-state index >= 15 is 0 Å². The summed E-state index contributed by atoms with van der Waals surface area (Å²) in [4.78, 5) is 28.0. The number of nitrogens with zero attached hydrogens (tertiary/aromatic N) is 3. The van der Waals surface area contributed by atoms with Crippen molar-refractivity contribution >= 4 is 51.5 Å². The number of benzene rings is 2. The maximum Gasteiger partial charge on any atom is 0.296 e. The molecule has 0 spiro atoms. The minimum atomic E-state index is -0.935. The molecular formula is C27H22ClN3O5S2. The second-order valence-electron chi connectivity index (χ2n) is 8.29. The molecule has 0 bridgehead atoms. The normalized spacial score (nSPS) is 15.4. The molecule has 2 aromatic carbocycles. The molecule has 8 nitrogen and oxygen atoms in total. The van der Waals surface area contributed by atoms with Gasteiger partial charge in [0.25, 0.3) is 5.91 Å². The Hall–Kier alpha value is -3.60. The highest BCUT2D eigenvalue weighted by Gasteiger charge is 2.46. The molecule has 4 aromatic rings. The van der Waals surface area contributed by atoms with Gasteiger partial charge in [-0.2, -0.15) is 0 Å². The van der Waals surface area contributed by atoms with Gasteiger partial charge in [0, 0.05) is 10.8 Å². The number of ketones is 1. The van der Waals surface area contributed by atoms with Gasteiger partial charge in [-0.1, -0.05) is 72.0 Å². The van der Waals surface area contributed by atoms with Crippen molar-refractivity contribution in [1.29, 1.82) is 0 Å². The number of Topliss-reactive ketones (excluding diaryl/α,β-unsaturated/α-hetero) is 1. The molecule has 1 unspecified atom stereocenters. The first kappa shape index (κ1) is 26.0. The van der Waals surface area contributed by atoms with Crippen LogP contribution in [-0.4, -0.2) is 33.6 Å². The summed E-state index contributed by atoms with van der Waals surface area (Å²) < 4.78 is 11.6. The zero-order valence-corrected chi connectivity index (χ0v) is 22.6. The standard InChI is InChI=1S/C27H22ClN3O5S2/c1-2-13-35-18-11-9-16(10-12-18)22-21(23(32)20-8-5-14-36-20)24(33)25(34)31(22)26-29-30-27(38-26)37-15-17-6-3-4-7-19(17)28/h3-12,14,22,33H,2,13,15H2,1H3. The smallest absolute Gasteiger partial charge is 0.296 e. The third kappa shape index (κ3) is 5.20. The number of carbonyl (C=O) groups is 2. The molecular weight excluding hydrogens is 546 g/mol. The number of anilines is 1. The third-order valence-corrected chi connectivity index (χ3v) is 8.25. The molecule has 0 saturated carbocycles. The van der Waals surface area contributed by atoms with Crippen LogP contribution in [0.4, 0.5) is 5.13 Å². The Morgan fingerprint density at radius 1 is 1.16 bits per heavy atom. The number of rotatable bonds is 10. The summed E-state index contributed by atoms with van der Waals surface area (Å²) in [6.07, 6.45) is 2.22. The van der Waals surface area contributed by atoms with E-state index in [0.29, 0.717) is 33.0 Å². The number of amides is 1. The van der Waals surface area contributed by atoms with E-state index in [-0.39, 0.29) is 16.5 Å². The van der Waals surface area contributed by atoms with Crippen molar-refractivity contribution in [1.82, 2.24) is 10.2 Å². The van der Waals surface area contributed by atoms with Crippen LogP contribution in [0.1, 0.15) is 41.1 Å². The summed E-state index contributed by atoms with van der Waals surface area (Å²) in [7, 11) is 0. The lowest BCUT2D eigenvalue weighted by molar-refractivity contribution is -0.117. The number of hydrogen-bond acceptors (Lipinski definition) is 9. The number of hydrogen-bond donors (Lipinski definition) is 1. The van der Waals surface area contributed by atoms with Gasteiger partial charge in [-0.15, -0.1) is 10.2 Å². The fraction of sp³-hybridized carbons (Fsp3) is 0.185. The summed E-state index contributed by atoms with van der Waals surface area (Å²) in [5.41, 5.74) is 1.45. The number of aliphatic hydroxyl groups excluding tert-OH is 1. The van der Waals surface area contributed by atoms with Gasteiger partial charge in [0.1, 0.15) is 5.75 Å². The Morgan fingerprint density at radius 3 is 2.66 bits per heavy atom. The van der Waals surface area contributed by atoms with Crippen LogP contribution in [0.2, 0.25) is 5.02 Å². The van der Waals surface area contributed by atoms with Gasteiger partial charge >= 0.3 is 0 Å². The fourth-order valence-corrected chi connectivity index (χ4v) is 6.12. The summed E-state index contributed by atoms with van der Waals surface area (Å²) in [6, 6.07) is 16.7. The average Bonchev–Trinajstić information content (AvgIpc) is 3.68. The molecule has 0 saturated heterocycles. The molecule has 1 atom stereocenters. The molecule has 1 amide bonds.